The zero-order valence-electron chi connectivity index (χ0n) is 15.7. The van der Waals surface area contributed by atoms with Crippen LogP contribution in [-0.2, 0) is 9.53 Å². The number of carbonyl (C=O) groups excluding carboxylic acids is 2. The van der Waals surface area contributed by atoms with Gasteiger partial charge in [-0.25, -0.2) is 8.78 Å². The van der Waals surface area contributed by atoms with Crippen LogP contribution in [0.3, 0.4) is 0 Å². The molecule has 1 aromatic rings. The molecule has 0 radical (unpaired) electrons. The summed E-state index contributed by atoms with van der Waals surface area (Å²) in [5.41, 5.74) is -0.0298. The first-order valence-corrected chi connectivity index (χ1v) is 9.55. The predicted octanol–water partition coefficient (Wildman–Crippen LogP) is 2.85. The highest BCUT2D eigenvalue weighted by atomic mass is 19.2. The average molecular weight is 380 g/mol. The first-order valence-electron chi connectivity index (χ1n) is 9.55. The van der Waals surface area contributed by atoms with Crippen LogP contribution in [0.25, 0.3) is 0 Å². The van der Waals surface area contributed by atoms with Gasteiger partial charge in [0.1, 0.15) is 0 Å². The van der Waals surface area contributed by atoms with Crippen molar-refractivity contribution in [3.63, 3.8) is 0 Å². The van der Waals surface area contributed by atoms with Crippen LogP contribution in [0, 0.1) is 17.0 Å². The van der Waals surface area contributed by atoms with E-state index in [1.807, 2.05) is 0 Å². The van der Waals surface area contributed by atoms with E-state index in [1.165, 1.54) is 12.1 Å². The van der Waals surface area contributed by atoms with Gasteiger partial charge in [0.2, 0.25) is 0 Å². The second-order valence-corrected chi connectivity index (χ2v) is 7.47. The Bertz CT molecular complexity index is 692. The lowest BCUT2D eigenvalue weighted by Gasteiger charge is -2.46. The van der Waals surface area contributed by atoms with Crippen LogP contribution in [-0.4, -0.2) is 61.0 Å². The lowest BCUT2D eigenvalue weighted by molar-refractivity contribution is -0.145. The second-order valence-electron chi connectivity index (χ2n) is 7.47. The fraction of sp³-hybridized carbons (Fsp3) is 0.600. The first-order chi connectivity index (χ1) is 12.9. The van der Waals surface area contributed by atoms with E-state index in [1.54, 1.807) is 11.8 Å². The van der Waals surface area contributed by atoms with E-state index in [2.05, 4.69) is 4.90 Å². The molecule has 27 heavy (non-hydrogen) atoms. The van der Waals surface area contributed by atoms with E-state index < -0.39 is 17.5 Å². The quantitative estimate of drug-likeness (QED) is 0.754. The molecule has 0 atom stereocenters. The maximum atomic E-state index is 13.9. The van der Waals surface area contributed by atoms with Gasteiger partial charge in [-0.1, -0.05) is 6.07 Å². The molecule has 2 saturated heterocycles. The minimum absolute atomic E-state index is 0.169. The molecular formula is C20H26F2N2O3. The highest BCUT2D eigenvalue weighted by molar-refractivity contribution is 5.94. The van der Waals surface area contributed by atoms with Crippen molar-refractivity contribution in [1.82, 2.24) is 9.80 Å². The smallest absolute Gasteiger partial charge is 0.320 e. The third-order valence-corrected chi connectivity index (χ3v) is 5.87. The number of piperidine rings is 2. The van der Waals surface area contributed by atoms with Gasteiger partial charge in [0.15, 0.2) is 11.6 Å². The van der Waals surface area contributed by atoms with Gasteiger partial charge < -0.3 is 9.64 Å². The van der Waals surface area contributed by atoms with Crippen molar-refractivity contribution >= 4 is 11.9 Å². The summed E-state index contributed by atoms with van der Waals surface area (Å²) in [6, 6.07) is 3.71. The maximum Gasteiger partial charge on any atom is 0.320 e. The Hall–Kier alpha value is -2.02. The molecule has 0 aliphatic carbocycles. The van der Waals surface area contributed by atoms with Crippen LogP contribution in [0.15, 0.2) is 18.2 Å². The van der Waals surface area contributed by atoms with Gasteiger partial charge in [-0.3, -0.25) is 14.5 Å². The molecular weight excluding hydrogens is 354 g/mol. The molecule has 2 aliphatic heterocycles. The molecule has 2 aliphatic rings. The molecule has 1 aromatic carbocycles. The number of rotatable bonds is 4. The summed E-state index contributed by atoms with van der Waals surface area (Å²) in [7, 11) is 0. The largest absolute Gasteiger partial charge is 0.465 e. The fourth-order valence-corrected chi connectivity index (χ4v) is 4.10. The number of carbonyl (C=O) groups is 2. The molecule has 7 heteroatoms. The van der Waals surface area contributed by atoms with Crippen LogP contribution in [0.5, 0.6) is 0 Å². The summed E-state index contributed by atoms with van der Waals surface area (Å²) in [6.07, 6.45) is 3.65. The van der Waals surface area contributed by atoms with Crippen LogP contribution in [0.1, 0.15) is 43.0 Å². The Morgan fingerprint density at radius 1 is 1.07 bits per heavy atom. The minimum Gasteiger partial charge on any atom is -0.465 e. The molecule has 2 heterocycles. The number of hydrogen-bond donors (Lipinski definition) is 0. The summed E-state index contributed by atoms with van der Waals surface area (Å²) in [4.78, 5) is 27.9. The molecule has 0 aromatic heterocycles. The van der Waals surface area contributed by atoms with Crippen molar-refractivity contribution in [2.75, 3.05) is 39.3 Å². The van der Waals surface area contributed by atoms with Crippen molar-refractivity contribution in [3.05, 3.63) is 35.4 Å². The third-order valence-electron chi connectivity index (χ3n) is 5.87. The third kappa shape index (κ3) is 4.46. The van der Waals surface area contributed by atoms with Crippen LogP contribution >= 0.6 is 0 Å². The number of esters is 1. The summed E-state index contributed by atoms with van der Waals surface area (Å²) in [5, 5.41) is 0. The molecule has 3 rings (SSSR count). The monoisotopic (exact) mass is 380 g/mol. The second kappa shape index (κ2) is 8.33. The first kappa shape index (κ1) is 19.7. The maximum absolute atomic E-state index is 13.9. The SMILES string of the molecule is CCOC(=O)CN1CCC2(CC1)CCN(C(=O)c1cccc(F)c1F)CC2. The normalized spacial score (nSPS) is 19.9. The number of nitrogens with zero attached hydrogens (tertiary/aromatic N) is 2. The van der Waals surface area contributed by atoms with Crippen molar-refractivity contribution in [2.24, 2.45) is 5.41 Å². The average Bonchev–Trinajstić information content (AvgIpc) is 2.66. The topological polar surface area (TPSA) is 49.9 Å². The Morgan fingerprint density at radius 3 is 2.33 bits per heavy atom. The van der Waals surface area contributed by atoms with Crippen LogP contribution in [0.2, 0.25) is 0 Å². The molecule has 0 bridgehead atoms. The predicted molar refractivity (Wildman–Crippen MR) is 96.2 cm³/mol. The minimum atomic E-state index is -1.07. The molecule has 1 amide bonds. The zero-order valence-corrected chi connectivity index (χ0v) is 15.7. The number of halogens is 2. The number of ether oxygens (including phenoxy) is 1. The van der Waals surface area contributed by atoms with E-state index in [-0.39, 0.29) is 16.9 Å². The summed E-state index contributed by atoms with van der Waals surface area (Å²) in [6.45, 7) is 5.30. The molecule has 148 valence electrons. The Labute approximate surface area is 158 Å². The van der Waals surface area contributed by atoms with Crippen molar-refractivity contribution in [2.45, 2.75) is 32.6 Å². The Morgan fingerprint density at radius 2 is 1.70 bits per heavy atom. The van der Waals surface area contributed by atoms with Gasteiger partial charge in [0.25, 0.3) is 5.91 Å². The highest BCUT2D eigenvalue weighted by Gasteiger charge is 2.39. The van der Waals surface area contributed by atoms with Crippen molar-refractivity contribution < 1.29 is 23.1 Å². The van der Waals surface area contributed by atoms with Crippen LogP contribution in [0.4, 0.5) is 8.78 Å². The molecule has 2 fully saturated rings. The van der Waals surface area contributed by atoms with E-state index in [4.69, 9.17) is 4.74 Å². The standard InChI is InChI=1S/C20H26F2N2O3/c1-2-27-17(25)14-23-10-6-20(7-11-23)8-12-24(13-9-20)19(26)15-4-3-5-16(21)18(15)22/h3-5H,2,6-14H2,1H3. The number of benzene rings is 1. The lowest BCUT2D eigenvalue weighted by atomic mass is 9.71. The molecule has 0 saturated carbocycles. The van der Waals surface area contributed by atoms with Crippen molar-refractivity contribution in [3.8, 4) is 0 Å². The van der Waals surface area contributed by atoms with Crippen molar-refractivity contribution in [1.29, 1.82) is 0 Å². The van der Waals surface area contributed by atoms with Gasteiger partial charge in [0, 0.05) is 13.1 Å². The Balaban J connectivity index is 1.53. The number of likely N-dealkylation sites (tertiary alicyclic amines) is 2. The van der Waals surface area contributed by atoms with Crippen LogP contribution < -0.4 is 0 Å². The van der Waals surface area contributed by atoms with Gasteiger partial charge in [-0.05, 0) is 63.2 Å². The number of amides is 1. The molecule has 0 N–H and O–H groups in total. The fourth-order valence-electron chi connectivity index (χ4n) is 4.10. The summed E-state index contributed by atoms with van der Waals surface area (Å²) < 4.78 is 32.3. The lowest BCUT2D eigenvalue weighted by Crippen LogP contribution is -2.49. The summed E-state index contributed by atoms with van der Waals surface area (Å²) in [5.74, 6) is -2.70. The van der Waals surface area contributed by atoms with Gasteiger partial charge >= 0.3 is 5.97 Å². The van der Waals surface area contributed by atoms with Gasteiger partial charge in [-0.2, -0.15) is 0 Å². The molecule has 0 unspecified atom stereocenters. The van der Waals surface area contributed by atoms with E-state index >= 15 is 0 Å². The van der Waals surface area contributed by atoms with E-state index in [0.29, 0.717) is 26.2 Å². The molecule has 5 nitrogen and oxygen atoms in total. The number of hydrogen-bond acceptors (Lipinski definition) is 4. The van der Waals surface area contributed by atoms with Gasteiger partial charge in [-0.15, -0.1) is 0 Å². The molecule has 1 spiro atoms. The Kier molecular flexibility index (Phi) is 6.09. The highest BCUT2D eigenvalue weighted by Crippen LogP contribution is 2.41. The van der Waals surface area contributed by atoms with E-state index in [9.17, 15) is 18.4 Å². The van der Waals surface area contributed by atoms with Gasteiger partial charge in [0.05, 0.1) is 18.7 Å². The van der Waals surface area contributed by atoms with E-state index in [0.717, 1.165) is 44.8 Å². The zero-order chi connectivity index (χ0) is 19.4. The summed E-state index contributed by atoms with van der Waals surface area (Å²) >= 11 is 0.